The number of alkyl halides is 3. The van der Waals surface area contributed by atoms with Crippen LogP contribution < -0.4 is 5.32 Å². The molecule has 1 fully saturated rings. The number of rotatable bonds is 7. The summed E-state index contributed by atoms with van der Waals surface area (Å²) in [4.78, 5) is 15.4. The molecule has 1 heterocycles. The number of unbranched alkanes of at least 4 members (excludes halogenated alkanes) is 2. The molecule has 0 atom stereocenters. The number of hydrogen-bond donors (Lipinski definition) is 1. The van der Waals surface area contributed by atoms with Crippen LogP contribution in [0.5, 0.6) is 0 Å². The number of nitrogens with zero attached hydrogens (tertiary/aromatic N) is 2. The third-order valence-electron chi connectivity index (χ3n) is 3.61. The lowest BCUT2D eigenvalue weighted by molar-refractivity contribution is -0.173. The van der Waals surface area contributed by atoms with Crippen molar-refractivity contribution in [3.8, 4) is 0 Å². The quantitative estimate of drug-likeness (QED) is 0.723. The minimum absolute atomic E-state index is 0.0992. The van der Waals surface area contributed by atoms with Gasteiger partial charge in [-0.2, -0.15) is 13.2 Å². The minimum atomic E-state index is -4.76. The summed E-state index contributed by atoms with van der Waals surface area (Å²) in [6, 6.07) is 0. The molecule has 0 bridgehead atoms. The summed E-state index contributed by atoms with van der Waals surface area (Å²) in [5, 5.41) is 1.89. The predicted molar refractivity (Wildman–Crippen MR) is 71.5 cm³/mol. The second-order valence-electron chi connectivity index (χ2n) is 5.09. The highest BCUT2D eigenvalue weighted by Crippen LogP contribution is 2.14. The van der Waals surface area contributed by atoms with Gasteiger partial charge in [-0.25, -0.2) is 0 Å². The van der Waals surface area contributed by atoms with E-state index in [1.807, 2.05) is 5.32 Å². The topological polar surface area (TPSA) is 35.6 Å². The Bertz CT molecular complexity index is 289. The van der Waals surface area contributed by atoms with Crippen LogP contribution in [0.2, 0.25) is 0 Å². The summed E-state index contributed by atoms with van der Waals surface area (Å²) >= 11 is 0. The molecule has 4 nitrogen and oxygen atoms in total. The van der Waals surface area contributed by atoms with Crippen molar-refractivity contribution in [2.45, 2.75) is 32.4 Å². The lowest BCUT2D eigenvalue weighted by Crippen LogP contribution is -2.46. The van der Waals surface area contributed by atoms with Crippen LogP contribution >= 0.6 is 0 Å². The van der Waals surface area contributed by atoms with Crippen molar-refractivity contribution in [1.82, 2.24) is 15.1 Å². The molecule has 1 saturated heterocycles. The maximum absolute atomic E-state index is 11.9. The Morgan fingerprint density at radius 1 is 1.05 bits per heavy atom. The monoisotopic (exact) mass is 295 g/mol. The van der Waals surface area contributed by atoms with Gasteiger partial charge < -0.3 is 15.1 Å². The Balaban J connectivity index is 1.97. The summed E-state index contributed by atoms with van der Waals surface area (Å²) < 4.78 is 35.7. The number of likely N-dealkylation sites (N-methyl/N-ethyl adjacent to an activating group) is 1. The standard InChI is InChI=1S/C13H24F3N3O/c1-2-18-8-10-19(11-9-18)7-5-3-4-6-17-12(20)13(14,15)16/h2-11H2,1H3,(H,17,20). The Morgan fingerprint density at radius 3 is 2.20 bits per heavy atom. The molecule has 1 N–H and O–H groups in total. The van der Waals surface area contributed by atoms with E-state index in [0.29, 0.717) is 6.42 Å². The molecule has 0 aromatic carbocycles. The van der Waals surface area contributed by atoms with Crippen molar-refractivity contribution in [1.29, 1.82) is 0 Å². The van der Waals surface area contributed by atoms with Crippen LogP contribution in [0.4, 0.5) is 13.2 Å². The van der Waals surface area contributed by atoms with Gasteiger partial charge in [0.25, 0.3) is 0 Å². The number of hydrogen-bond acceptors (Lipinski definition) is 3. The molecular formula is C13H24F3N3O. The molecule has 0 spiro atoms. The smallest absolute Gasteiger partial charge is 0.348 e. The summed E-state index contributed by atoms with van der Waals surface area (Å²) in [6.07, 6.45) is -2.37. The van der Waals surface area contributed by atoms with E-state index in [1.165, 1.54) is 0 Å². The second kappa shape index (κ2) is 8.46. The van der Waals surface area contributed by atoms with E-state index in [4.69, 9.17) is 0 Å². The first kappa shape index (κ1) is 17.2. The van der Waals surface area contributed by atoms with E-state index in [9.17, 15) is 18.0 Å². The van der Waals surface area contributed by atoms with Gasteiger partial charge in [0, 0.05) is 32.7 Å². The average Bonchev–Trinajstić information content (AvgIpc) is 2.42. The Labute approximate surface area is 118 Å². The molecule has 1 aliphatic heterocycles. The van der Waals surface area contributed by atoms with Gasteiger partial charge in [-0.05, 0) is 25.9 Å². The molecule has 0 aliphatic carbocycles. The van der Waals surface area contributed by atoms with Gasteiger partial charge in [-0.15, -0.1) is 0 Å². The molecule has 1 aliphatic rings. The van der Waals surface area contributed by atoms with Crippen LogP contribution in [0.15, 0.2) is 0 Å². The zero-order valence-electron chi connectivity index (χ0n) is 12.0. The number of carbonyl (C=O) groups excluding carboxylic acids is 1. The van der Waals surface area contributed by atoms with Gasteiger partial charge in [-0.1, -0.05) is 13.3 Å². The first-order valence-corrected chi connectivity index (χ1v) is 7.23. The van der Waals surface area contributed by atoms with E-state index < -0.39 is 12.1 Å². The van der Waals surface area contributed by atoms with Crippen LogP contribution in [0, 0.1) is 0 Å². The molecular weight excluding hydrogens is 271 g/mol. The fourth-order valence-corrected chi connectivity index (χ4v) is 2.27. The first-order chi connectivity index (χ1) is 9.43. The summed E-state index contributed by atoms with van der Waals surface area (Å²) in [5.74, 6) is -1.84. The van der Waals surface area contributed by atoms with E-state index in [-0.39, 0.29) is 6.54 Å². The number of halogens is 3. The molecule has 0 unspecified atom stereocenters. The summed E-state index contributed by atoms with van der Waals surface area (Å²) in [6.45, 7) is 8.66. The zero-order chi connectivity index (χ0) is 15.0. The fourth-order valence-electron chi connectivity index (χ4n) is 2.27. The predicted octanol–water partition coefficient (Wildman–Crippen LogP) is 1.47. The highest BCUT2D eigenvalue weighted by atomic mass is 19.4. The minimum Gasteiger partial charge on any atom is -0.348 e. The van der Waals surface area contributed by atoms with Crippen molar-refractivity contribution in [3.05, 3.63) is 0 Å². The molecule has 1 amide bonds. The highest BCUT2D eigenvalue weighted by molar-refractivity contribution is 5.81. The number of amides is 1. The molecule has 0 saturated carbocycles. The maximum atomic E-state index is 11.9. The fraction of sp³-hybridized carbons (Fsp3) is 0.923. The van der Waals surface area contributed by atoms with Crippen LogP contribution in [0.1, 0.15) is 26.2 Å². The second-order valence-corrected chi connectivity index (χ2v) is 5.09. The van der Waals surface area contributed by atoms with Crippen LogP contribution in [-0.2, 0) is 4.79 Å². The molecule has 118 valence electrons. The van der Waals surface area contributed by atoms with Gasteiger partial charge >= 0.3 is 12.1 Å². The zero-order valence-corrected chi connectivity index (χ0v) is 12.0. The van der Waals surface area contributed by atoms with E-state index >= 15 is 0 Å². The Morgan fingerprint density at radius 2 is 1.65 bits per heavy atom. The van der Waals surface area contributed by atoms with Crippen molar-refractivity contribution < 1.29 is 18.0 Å². The summed E-state index contributed by atoms with van der Waals surface area (Å²) in [7, 11) is 0. The largest absolute Gasteiger partial charge is 0.471 e. The van der Waals surface area contributed by atoms with Gasteiger partial charge in [0.1, 0.15) is 0 Å². The van der Waals surface area contributed by atoms with Crippen LogP contribution in [0.25, 0.3) is 0 Å². The van der Waals surface area contributed by atoms with Gasteiger partial charge in [0.2, 0.25) is 0 Å². The highest BCUT2D eigenvalue weighted by Gasteiger charge is 2.38. The van der Waals surface area contributed by atoms with E-state index in [1.54, 1.807) is 0 Å². The molecule has 0 aromatic heterocycles. The number of carbonyl (C=O) groups is 1. The SMILES string of the molecule is CCN1CCN(CCCCCNC(=O)C(F)(F)F)CC1. The summed E-state index contributed by atoms with van der Waals surface area (Å²) in [5.41, 5.74) is 0. The van der Waals surface area contributed by atoms with Gasteiger partial charge in [-0.3, -0.25) is 4.79 Å². The van der Waals surface area contributed by atoms with Gasteiger partial charge in [0.15, 0.2) is 0 Å². The van der Waals surface area contributed by atoms with Crippen molar-refractivity contribution in [3.63, 3.8) is 0 Å². The average molecular weight is 295 g/mol. The lowest BCUT2D eigenvalue weighted by atomic mass is 10.2. The lowest BCUT2D eigenvalue weighted by Gasteiger charge is -2.33. The maximum Gasteiger partial charge on any atom is 0.471 e. The Kier molecular flexibility index (Phi) is 7.29. The first-order valence-electron chi connectivity index (χ1n) is 7.23. The third-order valence-corrected chi connectivity index (χ3v) is 3.61. The van der Waals surface area contributed by atoms with Crippen molar-refractivity contribution in [2.24, 2.45) is 0 Å². The molecule has 0 aromatic rings. The van der Waals surface area contributed by atoms with Crippen molar-refractivity contribution in [2.75, 3.05) is 45.8 Å². The van der Waals surface area contributed by atoms with Gasteiger partial charge in [0.05, 0.1) is 0 Å². The molecule has 20 heavy (non-hydrogen) atoms. The third kappa shape index (κ3) is 6.56. The Hall–Kier alpha value is -0.820. The van der Waals surface area contributed by atoms with E-state index in [0.717, 1.165) is 52.1 Å². The number of nitrogens with one attached hydrogen (secondary N) is 1. The van der Waals surface area contributed by atoms with E-state index in [2.05, 4.69) is 16.7 Å². The molecule has 7 heteroatoms. The normalized spacial score (nSPS) is 18.2. The molecule has 1 rings (SSSR count). The van der Waals surface area contributed by atoms with Crippen LogP contribution in [-0.4, -0.2) is 67.7 Å². The molecule has 0 radical (unpaired) electrons. The van der Waals surface area contributed by atoms with Crippen LogP contribution in [0.3, 0.4) is 0 Å². The van der Waals surface area contributed by atoms with Crippen molar-refractivity contribution >= 4 is 5.91 Å². The number of piperazine rings is 1.